The number of nitrogens with one attached hydrogen (secondary N) is 2. The van der Waals surface area contributed by atoms with Crippen LogP contribution in [-0.2, 0) is 49.7 Å². The fourth-order valence-corrected chi connectivity index (χ4v) is 10.7. The van der Waals surface area contributed by atoms with Crippen LogP contribution in [0.4, 0.5) is 40.9 Å². The van der Waals surface area contributed by atoms with Gasteiger partial charge in [-0.3, -0.25) is 33.1 Å². The molecule has 4 aromatic carbocycles. The lowest BCUT2D eigenvalue weighted by Gasteiger charge is -2.24. The molecule has 24 heteroatoms. The largest absolute Gasteiger partial charge is 0.360 e. The van der Waals surface area contributed by atoms with Crippen LogP contribution in [0.3, 0.4) is 0 Å². The summed E-state index contributed by atoms with van der Waals surface area (Å²) in [6.45, 7) is 0.0449. The number of aromatic nitrogens is 6. The molecule has 7 aromatic rings. The molecule has 370 valence electrons. The van der Waals surface area contributed by atoms with Gasteiger partial charge in [-0.05, 0) is 79.8 Å². The van der Waals surface area contributed by atoms with Crippen molar-refractivity contribution in [3.63, 3.8) is 0 Å². The van der Waals surface area contributed by atoms with E-state index in [9.17, 15) is 49.1 Å². The number of rotatable bonds is 17. The third-order valence-corrected chi connectivity index (χ3v) is 14.9. The molecule has 2 aliphatic rings. The molecular formula is C47H37ClF8N8O6S. The van der Waals surface area contributed by atoms with Crippen molar-refractivity contribution in [1.82, 2.24) is 34.4 Å². The second-order valence-corrected chi connectivity index (χ2v) is 20.2. The Kier molecular flexibility index (Phi) is 12.6. The first-order chi connectivity index (χ1) is 33.6. The Balaban J connectivity index is 1.29. The van der Waals surface area contributed by atoms with Gasteiger partial charge in [-0.25, -0.2) is 39.7 Å². The van der Waals surface area contributed by atoms with Crippen LogP contribution in [-0.4, -0.2) is 73.7 Å². The Hall–Kier alpha value is -7.01. The van der Waals surface area contributed by atoms with Crippen LogP contribution in [0.2, 0.25) is 5.02 Å². The molecule has 71 heavy (non-hydrogen) atoms. The van der Waals surface area contributed by atoms with E-state index in [-0.39, 0.29) is 78.2 Å². The molecule has 3 aromatic heterocycles. The van der Waals surface area contributed by atoms with E-state index in [0.717, 1.165) is 21.4 Å². The average molecular weight is 1030 g/mol. The molecule has 0 radical (unpaired) electrons. The monoisotopic (exact) mass is 1030 g/mol. The van der Waals surface area contributed by atoms with Gasteiger partial charge in [0.25, 0.3) is 24.3 Å². The lowest BCUT2D eigenvalue weighted by Crippen LogP contribution is -2.38. The van der Waals surface area contributed by atoms with E-state index in [2.05, 4.69) is 20.8 Å². The molecule has 0 bridgehead atoms. The number of nitrogens with zero attached hydrogens (tertiary/aromatic N) is 6. The summed E-state index contributed by atoms with van der Waals surface area (Å²) in [7, 11) is -3.93. The van der Waals surface area contributed by atoms with Crippen LogP contribution < -0.4 is 16.2 Å². The zero-order chi connectivity index (χ0) is 51.0. The first-order valence-electron chi connectivity index (χ1n) is 21.7. The van der Waals surface area contributed by atoms with Gasteiger partial charge in [-0.1, -0.05) is 35.9 Å². The first kappa shape index (κ1) is 49.0. The van der Waals surface area contributed by atoms with Crippen molar-refractivity contribution < 1.29 is 57.9 Å². The lowest BCUT2D eigenvalue weighted by molar-refractivity contribution is -0.128. The molecule has 1 fully saturated rings. The maximum atomic E-state index is 15.7. The van der Waals surface area contributed by atoms with Crippen molar-refractivity contribution in [3.05, 3.63) is 128 Å². The zero-order valence-electron chi connectivity index (χ0n) is 36.9. The van der Waals surface area contributed by atoms with Crippen LogP contribution in [0, 0.1) is 17.6 Å². The van der Waals surface area contributed by atoms with Crippen LogP contribution in [0.25, 0.3) is 38.6 Å². The van der Waals surface area contributed by atoms with Crippen molar-refractivity contribution in [2.45, 2.75) is 80.7 Å². The number of aldehydes is 1. The molecule has 2 N–H and O–H groups in total. The average Bonchev–Trinajstić information content (AvgIpc) is 3.82. The molecule has 14 nitrogen and oxygen atoms in total. The summed E-state index contributed by atoms with van der Waals surface area (Å²) in [6, 6.07) is 13.1. The van der Waals surface area contributed by atoms with E-state index in [1.54, 1.807) is 6.07 Å². The minimum Gasteiger partial charge on any atom is -0.360 e. The molecule has 9 rings (SSSR count). The zero-order valence-corrected chi connectivity index (χ0v) is 38.5. The van der Waals surface area contributed by atoms with Gasteiger partial charge in [0.05, 0.1) is 55.2 Å². The van der Waals surface area contributed by atoms with Crippen molar-refractivity contribution in [3.8, 4) is 16.8 Å². The Morgan fingerprint density at radius 2 is 1.68 bits per heavy atom. The van der Waals surface area contributed by atoms with E-state index < -0.39 is 124 Å². The highest BCUT2D eigenvalue weighted by molar-refractivity contribution is 7.92. The topological polar surface area (TPSA) is 180 Å². The molecule has 0 saturated heterocycles. The molecule has 1 amide bonds. The fraction of sp³-hybridized carbons (Fsp3) is 0.298. The van der Waals surface area contributed by atoms with Crippen molar-refractivity contribution in [2.75, 3.05) is 11.9 Å². The van der Waals surface area contributed by atoms with Gasteiger partial charge >= 0.3 is 0 Å². The highest BCUT2D eigenvalue weighted by Gasteiger charge is 2.67. The van der Waals surface area contributed by atoms with E-state index in [4.69, 9.17) is 16.6 Å². The Morgan fingerprint density at radius 1 is 0.958 bits per heavy atom. The van der Waals surface area contributed by atoms with E-state index in [0.29, 0.717) is 10.7 Å². The summed E-state index contributed by atoms with van der Waals surface area (Å²) < 4.78 is 148. The fourth-order valence-electron chi connectivity index (χ4n) is 9.21. The van der Waals surface area contributed by atoms with Crippen molar-refractivity contribution in [2.24, 2.45) is 5.92 Å². The number of hydrogen-bond acceptors (Lipinski definition) is 10. The van der Waals surface area contributed by atoms with Gasteiger partial charge in [-0.15, -0.1) is 0 Å². The second-order valence-electron chi connectivity index (χ2n) is 17.4. The van der Waals surface area contributed by atoms with Gasteiger partial charge in [-0.2, -0.15) is 19.0 Å². The highest BCUT2D eigenvalue weighted by atomic mass is 35.5. The summed E-state index contributed by atoms with van der Waals surface area (Å²) >= 11 is 6.66. The van der Waals surface area contributed by atoms with Gasteiger partial charge < -0.3 is 10.6 Å². The number of carbonyl (C=O) groups excluding carboxylic acids is 3. The lowest BCUT2D eigenvalue weighted by atomic mass is 10.0. The highest BCUT2D eigenvalue weighted by Crippen LogP contribution is 2.68. The normalized spacial score (nSPS) is 16.5. The maximum absolute atomic E-state index is 15.7. The van der Waals surface area contributed by atoms with Crippen LogP contribution in [0.15, 0.2) is 82.5 Å². The van der Waals surface area contributed by atoms with Crippen LogP contribution >= 0.6 is 11.6 Å². The summed E-state index contributed by atoms with van der Waals surface area (Å²) in [4.78, 5) is 57.6. The number of fused-ring (bicyclic) bond motifs is 5. The molecule has 0 aliphatic heterocycles. The van der Waals surface area contributed by atoms with E-state index in [1.807, 2.05) is 0 Å². The van der Waals surface area contributed by atoms with Crippen molar-refractivity contribution in [1.29, 1.82) is 0 Å². The van der Waals surface area contributed by atoms with E-state index in [1.165, 1.54) is 62.4 Å². The van der Waals surface area contributed by atoms with E-state index >= 15 is 13.6 Å². The first-order valence-corrected chi connectivity index (χ1v) is 23.6. The number of Topliss-reactive ketones (excluding diaryl/α,β-unsaturated/α-hetero) is 1. The summed E-state index contributed by atoms with van der Waals surface area (Å²) in [5, 5.41) is 11.7. The SMILES string of the molecule is CC(C)S(=O)(=O)c1ccccc1-c1ccc2c(=O)n(-c3ccc(Cl)c4c(NCC(=O)C=O)nn(CC(F)F)c34)c([C@H](Cc3cc(F)cc(F)c3)NC(=O)Cn3nc(C(F)F)c4c3C(F)(F)C3CC43)nc2c1. The number of hydrogen-bond donors (Lipinski definition) is 2. The maximum Gasteiger partial charge on any atom is 0.293 e. The number of ketones is 1. The smallest absolute Gasteiger partial charge is 0.293 e. The molecule has 0 spiro atoms. The Morgan fingerprint density at radius 3 is 2.35 bits per heavy atom. The number of carbonyl (C=O) groups is 3. The third-order valence-electron chi connectivity index (χ3n) is 12.4. The summed E-state index contributed by atoms with van der Waals surface area (Å²) in [6.07, 6.45) is -7.10. The van der Waals surface area contributed by atoms with Crippen molar-refractivity contribution >= 4 is 67.0 Å². The quantitative estimate of drug-likeness (QED) is 0.0511. The molecule has 3 heterocycles. The predicted molar refractivity (Wildman–Crippen MR) is 242 cm³/mol. The third kappa shape index (κ3) is 8.82. The van der Waals surface area contributed by atoms with Crippen LogP contribution in [0.5, 0.6) is 0 Å². The Labute approximate surface area is 401 Å². The molecule has 2 unspecified atom stereocenters. The van der Waals surface area contributed by atoms with Crippen LogP contribution in [0.1, 0.15) is 67.0 Å². The molecule has 2 aliphatic carbocycles. The molecule has 3 atom stereocenters. The second kappa shape index (κ2) is 18.3. The number of halogens is 9. The number of alkyl halides is 6. The minimum absolute atomic E-state index is 0.00251. The minimum atomic E-state index is -3.93. The van der Waals surface area contributed by atoms with Gasteiger partial charge in [0.2, 0.25) is 11.7 Å². The van der Waals surface area contributed by atoms with Gasteiger partial charge in [0.1, 0.15) is 41.9 Å². The standard InChI is InChI=1S/C47H37ClF8N8O6S/c1-21(2)71(69,70)35-6-4-3-5-27(35)23-7-8-28-32(14-23)59-45(64(46(28)68)34-10-9-31(48)39-41(34)62(18-36(51)52)61-44(39)57-17-26(66)20-65)33(13-22-11-24(49)15-25(50)12-22)58-37(67)19-63-42-38(40(60-63)43(53)54)29-16-30(29)47(42,55)56/h3-12,14-15,20-21,29-30,33,36,43H,13,16-19H2,1-2H3,(H,57,61)(H,58,67)/t29?,30?,33-/m0/s1. The summed E-state index contributed by atoms with van der Waals surface area (Å²) in [5.74, 6) is -10.9. The number of sulfone groups is 1. The Bertz CT molecular complexity index is 3510. The summed E-state index contributed by atoms with van der Waals surface area (Å²) in [5.41, 5.74) is -3.64. The molecule has 1 saturated carbocycles. The van der Waals surface area contributed by atoms with Gasteiger partial charge in [0.15, 0.2) is 21.9 Å². The predicted octanol–water partition coefficient (Wildman–Crippen LogP) is 8.40. The molecular weight excluding hydrogens is 992 g/mol. The van der Waals surface area contributed by atoms with Gasteiger partial charge in [0, 0.05) is 29.5 Å². The number of amides is 1. The number of benzene rings is 4. The number of anilines is 1.